The van der Waals surface area contributed by atoms with E-state index in [9.17, 15) is 4.79 Å². The van der Waals surface area contributed by atoms with E-state index >= 15 is 0 Å². The Morgan fingerprint density at radius 3 is 2.35 bits per heavy atom. The molecule has 0 bridgehead atoms. The maximum absolute atomic E-state index is 12.6. The van der Waals surface area contributed by atoms with E-state index in [2.05, 4.69) is 10.2 Å². The Labute approximate surface area is 125 Å². The molecule has 20 heavy (non-hydrogen) atoms. The number of amides is 1. The fraction of sp³-hybridized carbons (Fsp3) is 0.500. The number of carbonyl (C=O) groups excluding carboxylic acids is 1. The predicted octanol–water partition coefficient (Wildman–Crippen LogP) is 4.31. The Morgan fingerprint density at radius 1 is 1.25 bits per heavy atom. The van der Waals surface area contributed by atoms with Gasteiger partial charge in [-0.3, -0.25) is 4.79 Å². The zero-order valence-electron chi connectivity index (χ0n) is 12.3. The molecule has 0 unspecified atom stereocenters. The van der Waals surface area contributed by atoms with E-state index in [1.54, 1.807) is 6.07 Å². The summed E-state index contributed by atoms with van der Waals surface area (Å²) in [6.07, 6.45) is 1.41. The van der Waals surface area contributed by atoms with Crippen molar-refractivity contribution < 1.29 is 4.79 Å². The van der Waals surface area contributed by atoms with Crippen molar-refractivity contribution in [2.75, 3.05) is 0 Å². The van der Waals surface area contributed by atoms with Gasteiger partial charge >= 0.3 is 0 Å². The molecule has 2 rings (SSSR count). The van der Waals surface area contributed by atoms with Crippen molar-refractivity contribution in [3.63, 3.8) is 0 Å². The highest BCUT2D eigenvalue weighted by Crippen LogP contribution is 2.46. The van der Waals surface area contributed by atoms with Crippen LogP contribution in [0.15, 0.2) is 12.1 Å². The van der Waals surface area contributed by atoms with Gasteiger partial charge in [-0.15, -0.1) is 0 Å². The molecule has 0 aliphatic carbocycles. The van der Waals surface area contributed by atoms with Crippen LogP contribution < -0.4 is 5.32 Å². The zero-order valence-corrected chi connectivity index (χ0v) is 13.1. The Kier molecular flexibility index (Phi) is 3.56. The maximum Gasteiger partial charge on any atom is 0.231 e. The van der Waals surface area contributed by atoms with Gasteiger partial charge in [-0.1, -0.05) is 31.5 Å². The zero-order chi connectivity index (χ0) is 15.1. The van der Waals surface area contributed by atoms with Crippen LogP contribution in [0.5, 0.6) is 0 Å². The topological polar surface area (TPSA) is 33.5 Å². The highest BCUT2D eigenvalue weighted by atomic mass is 35.5. The lowest BCUT2D eigenvalue weighted by Crippen LogP contribution is -2.56. The summed E-state index contributed by atoms with van der Waals surface area (Å²) in [4.78, 5) is 16.1. The normalized spacial score (nSPS) is 18.9. The van der Waals surface area contributed by atoms with E-state index < -0.39 is 11.0 Å². The second-order valence-electron chi connectivity index (χ2n) is 5.83. The molecule has 1 heterocycles. The van der Waals surface area contributed by atoms with Gasteiger partial charge in [0.2, 0.25) is 11.6 Å². The monoisotopic (exact) mass is 290 g/mol. The summed E-state index contributed by atoms with van der Waals surface area (Å²) >= 11 is 6.18. The minimum Gasteiger partial charge on any atom is -0.346 e. The fourth-order valence-electron chi connectivity index (χ4n) is 3.11. The molecule has 4 heteroatoms. The molecule has 1 aromatic carbocycles. The molecular formula is C16H19ClN2O. The third-order valence-electron chi connectivity index (χ3n) is 4.46. The molecule has 0 saturated carbocycles. The summed E-state index contributed by atoms with van der Waals surface area (Å²) in [5.41, 5.74) is 1.35. The van der Waals surface area contributed by atoms with Gasteiger partial charge in [-0.25, -0.2) is 4.85 Å². The van der Waals surface area contributed by atoms with Gasteiger partial charge in [0.25, 0.3) is 0 Å². The first-order valence-electron chi connectivity index (χ1n) is 6.87. The van der Waals surface area contributed by atoms with E-state index in [4.69, 9.17) is 18.2 Å². The van der Waals surface area contributed by atoms with Crippen molar-refractivity contribution in [3.05, 3.63) is 39.7 Å². The molecule has 1 amide bonds. The summed E-state index contributed by atoms with van der Waals surface area (Å²) in [5.74, 6) is 0.0400. The standard InChI is InChI=1S/C16H19ClN2O/c1-6-16(7-2)11-9-13(18-5)12(17)8-10(11)15(3,4)19-14(16)20/h8-9H,6-7H2,1-4H3,(H,19,20). The van der Waals surface area contributed by atoms with Crippen LogP contribution >= 0.6 is 11.6 Å². The van der Waals surface area contributed by atoms with E-state index in [-0.39, 0.29) is 5.91 Å². The van der Waals surface area contributed by atoms with E-state index in [1.807, 2.05) is 33.8 Å². The minimum absolute atomic E-state index is 0.0400. The lowest BCUT2D eigenvalue weighted by atomic mass is 9.67. The number of nitrogens with one attached hydrogen (secondary N) is 1. The van der Waals surface area contributed by atoms with E-state index in [0.29, 0.717) is 23.6 Å². The van der Waals surface area contributed by atoms with Crippen molar-refractivity contribution in [1.82, 2.24) is 5.32 Å². The van der Waals surface area contributed by atoms with Gasteiger partial charge in [0, 0.05) is 5.02 Å². The van der Waals surface area contributed by atoms with Crippen LogP contribution in [0.4, 0.5) is 5.69 Å². The van der Waals surface area contributed by atoms with Crippen LogP contribution in [-0.4, -0.2) is 5.91 Å². The Hall–Kier alpha value is -1.53. The van der Waals surface area contributed by atoms with Gasteiger partial charge in [-0.05, 0) is 43.9 Å². The highest BCUT2D eigenvalue weighted by molar-refractivity contribution is 6.33. The average Bonchev–Trinajstić information content (AvgIpc) is 2.40. The fourth-order valence-corrected chi connectivity index (χ4v) is 3.31. The Bertz CT molecular complexity index is 610. The SMILES string of the molecule is [C-]#[N+]c1cc2c(cc1Cl)C(C)(C)NC(=O)C2(CC)CC. The van der Waals surface area contributed by atoms with Crippen LogP contribution in [0, 0.1) is 6.57 Å². The van der Waals surface area contributed by atoms with Crippen LogP contribution in [-0.2, 0) is 15.7 Å². The van der Waals surface area contributed by atoms with Crippen molar-refractivity contribution in [1.29, 1.82) is 0 Å². The number of carbonyl (C=O) groups is 1. The molecule has 0 atom stereocenters. The first kappa shape index (κ1) is 14.9. The Morgan fingerprint density at radius 2 is 1.85 bits per heavy atom. The van der Waals surface area contributed by atoms with Crippen LogP contribution in [0.3, 0.4) is 0 Å². The largest absolute Gasteiger partial charge is 0.346 e. The van der Waals surface area contributed by atoms with Crippen molar-refractivity contribution in [2.45, 2.75) is 51.5 Å². The van der Waals surface area contributed by atoms with Crippen molar-refractivity contribution >= 4 is 23.2 Å². The second-order valence-corrected chi connectivity index (χ2v) is 6.24. The number of nitrogens with zero attached hydrogens (tertiary/aromatic N) is 1. The third-order valence-corrected chi connectivity index (χ3v) is 4.77. The van der Waals surface area contributed by atoms with Gasteiger partial charge < -0.3 is 5.32 Å². The molecule has 106 valence electrons. The highest BCUT2D eigenvalue weighted by Gasteiger charge is 2.47. The van der Waals surface area contributed by atoms with Crippen LogP contribution in [0.1, 0.15) is 51.7 Å². The van der Waals surface area contributed by atoms with E-state index in [0.717, 1.165) is 11.1 Å². The van der Waals surface area contributed by atoms with E-state index in [1.165, 1.54) is 0 Å². The predicted molar refractivity (Wildman–Crippen MR) is 81.1 cm³/mol. The summed E-state index contributed by atoms with van der Waals surface area (Å²) < 4.78 is 0. The number of benzene rings is 1. The van der Waals surface area contributed by atoms with Gasteiger partial charge in [0.1, 0.15) is 0 Å². The number of rotatable bonds is 2. The van der Waals surface area contributed by atoms with Crippen molar-refractivity contribution in [3.8, 4) is 0 Å². The first-order valence-corrected chi connectivity index (χ1v) is 7.24. The van der Waals surface area contributed by atoms with Crippen molar-refractivity contribution in [2.24, 2.45) is 0 Å². The third kappa shape index (κ3) is 1.91. The van der Waals surface area contributed by atoms with Crippen LogP contribution in [0.25, 0.3) is 4.85 Å². The summed E-state index contributed by atoms with van der Waals surface area (Å²) in [7, 11) is 0. The lowest BCUT2D eigenvalue weighted by molar-refractivity contribution is -0.130. The molecule has 1 aromatic rings. The maximum atomic E-state index is 12.6. The quantitative estimate of drug-likeness (QED) is 0.809. The molecule has 0 radical (unpaired) electrons. The molecule has 0 fully saturated rings. The molecule has 0 spiro atoms. The lowest BCUT2D eigenvalue weighted by Gasteiger charge is -2.44. The molecule has 0 saturated heterocycles. The molecule has 0 aromatic heterocycles. The van der Waals surface area contributed by atoms with Gasteiger partial charge in [-0.2, -0.15) is 0 Å². The summed E-state index contributed by atoms with van der Waals surface area (Å²) in [6.45, 7) is 15.2. The second kappa shape index (κ2) is 4.79. The number of hydrogen-bond donors (Lipinski definition) is 1. The molecule has 1 N–H and O–H groups in total. The first-order chi connectivity index (χ1) is 9.32. The van der Waals surface area contributed by atoms with Gasteiger partial charge in [0.15, 0.2) is 0 Å². The molecule has 3 nitrogen and oxygen atoms in total. The Balaban J connectivity index is 2.83. The number of fused-ring (bicyclic) bond motifs is 1. The summed E-state index contributed by atoms with van der Waals surface area (Å²) in [5, 5.41) is 3.54. The van der Waals surface area contributed by atoms with Crippen LogP contribution in [0.2, 0.25) is 5.02 Å². The molecular weight excluding hydrogens is 272 g/mol. The average molecular weight is 291 g/mol. The number of hydrogen-bond acceptors (Lipinski definition) is 1. The smallest absolute Gasteiger partial charge is 0.231 e. The minimum atomic E-state index is -0.561. The molecule has 1 aliphatic heterocycles. The summed E-state index contributed by atoms with van der Waals surface area (Å²) in [6, 6.07) is 3.64. The molecule has 1 aliphatic rings. The van der Waals surface area contributed by atoms with Gasteiger partial charge in [0.05, 0.1) is 17.5 Å². The number of halogens is 1.